The molecule has 0 bridgehead atoms. The van der Waals surface area contributed by atoms with Crippen molar-refractivity contribution in [3.05, 3.63) is 29.3 Å². The van der Waals surface area contributed by atoms with Crippen LogP contribution in [0.25, 0.3) is 0 Å². The maximum Gasteiger partial charge on any atom is 0.417 e. The molecule has 1 aromatic rings. The van der Waals surface area contributed by atoms with Crippen molar-refractivity contribution in [3.8, 4) is 0 Å². The Balaban J connectivity index is 2.60. The number of hydrogen-bond donors (Lipinski definition) is 4. The van der Waals surface area contributed by atoms with Gasteiger partial charge in [-0.25, -0.2) is 0 Å². The van der Waals surface area contributed by atoms with Crippen LogP contribution in [0.4, 0.5) is 18.9 Å². The van der Waals surface area contributed by atoms with Gasteiger partial charge in [-0.2, -0.15) is 13.2 Å². The molecule has 0 aliphatic heterocycles. The number of para-hydroxylation sites is 1. The van der Waals surface area contributed by atoms with E-state index in [2.05, 4.69) is 10.7 Å². The van der Waals surface area contributed by atoms with E-state index in [9.17, 15) is 23.1 Å². The van der Waals surface area contributed by atoms with Crippen molar-refractivity contribution in [2.45, 2.75) is 45.4 Å². The highest BCUT2D eigenvalue weighted by Gasteiger charge is 2.51. The van der Waals surface area contributed by atoms with Crippen LogP contribution in [0.5, 0.6) is 0 Å². The molecule has 1 aromatic carbocycles. The Labute approximate surface area is 143 Å². The van der Waals surface area contributed by atoms with Gasteiger partial charge in [0.15, 0.2) is 10.7 Å². The Kier molecular flexibility index (Phi) is 6.56. The molecule has 4 N–H and O–H groups in total. The maximum absolute atomic E-state index is 12.5. The molecule has 1 atom stereocenters. The molecule has 0 radical (unpaired) electrons. The number of hydrogen-bond acceptors (Lipinski definition) is 3. The van der Waals surface area contributed by atoms with E-state index in [0.717, 1.165) is 23.2 Å². The fourth-order valence-electron chi connectivity index (χ4n) is 1.93. The van der Waals surface area contributed by atoms with Crippen LogP contribution in [-0.4, -0.2) is 27.9 Å². The Morgan fingerprint density at radius 1 is 1.29 bits per heavy atom. The molecule has 0 heterocycles. The zero-order valence-corrected chi connectivity index (χ0v) is 14.4. The fraction of sp³-hybridized carbons (Fsp3) is 0.467. The number of thiocarbonyl (C=S) groups is 1. The minimum absolute atomic E-state index is 0.0269. The van der Waals surface area contributed by atoms with Crippen molar-refractivity contribution in [1.82, 2.24) is 10.9 Å². The number of halogens is 3. The summed E-state index contributed by atoms with van der Waals surface area (Å²) in [4.78, 5) is 11.5. The summed E-state index contributed by atoms with van der Waals surface area (Å²) in [6.45, 7) is 4.38. The van der Waals surface area contributed by atoms with E-state index in [1.165, 1.54) is 0 Å². The highest BCUT2D eigenvalue weighted by atomic mass is 32.1. The Bertz CT molecular complexity index is 618. The van der Waals surface area contributed by atoms with Gasteiger partial charge >= 0.3 is 6.18 Å². The van der Waals surface area contributed by atoms with Gasteiger partial charge in [0, 0.05) is 5.69 Å². The van der Waals surface area contributed by atoms with Crippen LogP contribution < -0.4 is 16.2 Å². The van der Waals surface area contributed by atoms with Gasteiger partial charge in [-0.15, -0.1) is 0 Å². The number of carbonyl (C=O) groups is 1. The first-order chi connectivity index (χ1) is 11.0. The lowest BCUT2D eigenvalue weighted by Crippen LogP contribution is -2.50. The molecule has 1 rings (SSSR count). The predicted molar refractivity (Wildman–Crippen MR) is 89.4 cm³/mol. The monoisotopic (exact) mass is 363 g/mol. The quantitative estimate of drug-likeness (QED) is 0.489. The van der Waals surface area contributed by atoms with Crippen molar-refractivity contribution in [2.24, 2.45) is 0 Å². The molecule has 0 unspecified atom stereocenters. The molecule has 0 fully saturated rings. The minimum atomic E-state index is -4.90. The van der Waals surface area contributed by atoms with Crippen LogP contribution in [0.3, 0.4) is 0 Å². The molecule has 134 valence electrons. The summed E-state index contributed by atoms with van der Waals surface area (Å²) >= 11 is 5.01. The van der Waals surface area contributed by atoms with Crippen LogP contribution >= 0.6 is 12.2 Å². The highest BCUT2D eigenvalue weighted by molar-refractivity contribution is 7.80. The normalized spacial score (nSPS) is 13.8. The number of carbonyl (C=O) groups excluding carboxylic acids is 1. The van der Waals surface area contributed by atoms with E-state index < -0.39 is 24.1 Å². The second kappa shape index (κ2) is 7.80. The zero-order chi connectivity index (χ0) is 18.5. The van der Waals surface area contributed by atoms with Crippen molar-refractivity contribution in [2.75, 3.05) is 5.32 Å². The number of hydrazine groups is 1. The minimum Gasteiger partial charge on any atom is -0.380 e. The van der Waals surface area contributed by atoms with Gasteiger partial charge in [0.05, 0.1) is 6.42 Å². The number of nitrogens with one attached hydrogen (secondary N) is 3. The Morgan fingerprint density at radius 3 is 2.46 bits per heavy atom. The van der Waals surface area contributed by atoms with Crippen molar-refractivity contribution >= 4 is 28.9 Å². The lowest BCUT2D eigenvalue weighted by Gasteiger charge is -2.25. The first-order valence-electron chi connectivity index (χ1n) is 7.21. The third-order valence-electron chi connectivity index (χ3n) is 3.41. The van der Waals surface area contributed by atoms with Crippen molar-refractivity contribution in [1.29, 1.82) is 0 Å². The van der Waals surface area contributed by atoms with E-state index in [-0.39, 0.29) is 5.11 Å². The second-order valence-electron chi connectivity index (χ2n) is 5.54. The van der Waals surface area contributed by atoms with Gasteiger partial charge in [0.2, 0.25) is 5.91 Å². The molecule has 1 amide bonds. The topological polar surface area (TPSA) is 73.4 Å². The van der Waals surface area contributed by atoms with E-state index >= 15 is 0 Å². The summed E-state index contributed by atoms with van der Waals surface area (Å²) in [5, 5.41) is 12.2. The first-order valence-corrected chi connectivity index (χ1v) is 7.62. The van der Waals surface area contributed by atoms with E-state index in [1.54, 1.807) is 0 Å². The fourth-order valence-corrected chi connectivity index (χ4v) is 2.08. The summed E-state index contributed by atoms with van der Waals surface area (Å²) < 4.78 is 37.6. The van der Waals surface area contributed by atoms with Crippen molar-refractivity contribution in [3.63, 3.8) is 0 Å². The first kappa shape index (κ1) is 20.2. The van der Waals surface area contributed by atoms with Gasteiger partial charge in [0.25, 0.3) is 0 Å². The average molecular weight is 363 g/mol. The summed E-state index contributed by atoms with van der Waals surface area (Å²) in [6.07, 6.45) is -5.29. The van der Waals surface area contributed by atoms with E-state index in [0.29, 0.717) is 6.92 Å². The Morgan fingerprint density at radius 2 is 1.92 bits per heavy atom. The molecule has 0 aliphatic rings. The summed E-state index contributed by atoms with van der Waals surface area (Å²) in [7, 11) is 0. The van der Waals surface area contributed by atoms with Crippen LogP contribution in [0.15, 0.2) is 18.2 Å². The summed E-state index contributed by atoms with van der Waals surface area (Å²) in [5.41, 5.74) is 3.96. The van der Waals surface area contributed by atoms with Gasteiger partial charge in [0.1, 0.15) is 0 Å². The van der Waals surface area contributed by atoms with Gasteiger partial charge in [-0.1, -0.05) is 25.1 Å². The van der Waals surface area contributed by atoms with Gasteiger partial charge in [-0.3, -0.25) is 15.6 Å². The molecule has 0 aromatic heterocycles. The molecule has 5 nitrogen and oxygen atoms in total. The number of amides is 1. The third-order valence-corrected chi connectivity index (χ3v) is 3.61. The number of aliphatic hydroxyl groups is 1. The summed E-state index contributed by atoms with van der Waals surface area (Å²) in [6, 6.07) is 5.69. The smallest absolute Gasteiger partial charge is 0.380 e. The molecule has 0 spiro atoms. The molecule has 24 heavy (non-hydrogen) atoms. The second-order valence-corrected chi connectivity index (χ2v) is 5.95. The largest absolute Gasteiger partial charge is 0.417 e. The number of rotatable bonds is 4. The average Bonchev–Trinajstić information content (AvgIpc) is 2.45. The molecule has 0 saturated carbocycles. The van der Waals surface area contributed by atoms with Gasteiger partial charge in [-0.05, 0) is 43.6 Å². The predicted octanol–water partition coefficient (Wildman–Crippen LogP) is 2.58. The number of benzene rings is 1. The molecular weight excluding hydrogens is 343 g/mol. The number of alkyl halides is 3. The lowest BCUT2D eigenvalue weighted by molar-refractivity contribution is -0.253. The number of aryl methyl sites for hydroxylation is 2. The maximum atomic E-state index is 12.5. The SMILES string of the molecule is CCc1cccc(C)c1NC(=S)NNC(=O)C[C@@](C)(O)C(F)(F)F. The molecular formula is C15H20F3N3O2S. The Hall–Kier alpha value is -1.87. The molecule has 0 aliphatic carbocycles. The van der Waals surface area contributed by atoms with Crippen LogP contribution in [0.1, 0.15) is 31.4 Å². The molecule has 9 heteroatoms. The van der Waals surface area contributed by atoms with Gasteiger partial charge < -0.3 is 10.4 Å². The van der Waals surface area contributed by atoms with Crippen molar-refractivity contribution < 1.29 is 23.1 Å². The van der Waals surface area contributed by atoms with Crippen LogP contribution in [0.2, 0.25) is 0 Å². The standard InChI is InChI=1S/C15H20F3N3O2S/c1-4-10-7-5-6-9(2)12(10)19-13(24)21-20-11(22)8-14(3,23)15(16,17)18/h5-7,23H,4,8H2,1-3H3,(H,20,22)(H2,19,21,24)/t14-/m1/s1. The highest BCUT2D eigenvalue weighted by Crippen LogP contribution is 2.32. The molecule has 0 saturated heterocycles. The third kappa shape index (κ3) is 5.34. The van der Waals surface area contributed by atoms with Crippen LogP contribution in [-0.2, 0) is 11.2 Å². The zero-order valence-electron chi connectivity index (χ0n) is 13.5. The van der Waals surface area contributed by atoms with Crippen LogP contribution in [0, 0.1) is 6.92 Å². The van der Waals surface area contributed by atoms with E-state index in [4.69, 9.17) is 12.2 Å². The van der Waals surface area contributed by atoms with E-state index in [1.807, 2.05) is 37.5 Å². The lowest BCUT2D eigenvalue weighted by atomic mass is 10.0. The number of anilines is 1. The summed E-state index contributed by atoms with van der Waals surface area (Å²) in [5.74, 6) is -1.04.